The number of hydrogen-bond acceptors (Lipinski definition) is 4. The van der Waals surface area contributed by atoms with Crippen LogP contribution in [0.4, 0.5) is 5.69 Å². The summed E-state index contributed by atoms with van der Waals surface area (Å²) >= 11 is 0. The summed E-state index contributed by atoms with van der Waals surface area (Å²) in [7, 11) is 0.0145. The molecule has 2 heterocycles. The number of nitrogens with zero attached hydrogens (tertiary/aromatic N) is 2. The Morgan fingerprint density at radius 2 is 1.85 bits per heavy atom. The molecule has 2 aromatic heterocycles. The van der Waals surface area contributed by atoms with Crippen LogP contribution in [0.2, 0.25) is 0 Å². The second-order valence-corrected chi connectivity index (χ2v) is 6.76. The molecule has 5 nitrogen and oxygen atoms in total. The first-order valence-corrected chi connectivity index (χ1v) is 9.33. The molecular formula is C21H19N3O2S. The summed E-state index contributed by atoms with van der Waals surface area (Å²) in [4.78, 5) is 8.87. The smallest absolute Gasteiger partial charge is 0.154 e. The molecule has 1 aromatic carbocycles. The third-order valence-corrected chi connectivity index (χ3v) is 5.09. The number of benzene rings is 1. The minimum atomic E-state index is -1.54. The fourth-order valence-electron chi connectivity index (χ4n) is 2.59. The molecule has 0 aliphatic heterocycles. The van der Waals surface area contributed by atoms with Crippen LogP contribution in [0.1, 0.15) is 11.3 Å². The van der Waals surface area contributed by atoms with E-state index >= 15 is 0 Å². The van der Waals surface area contributed by atoms with Gasteiger partial charge in [-0.15, -0.1) is 0 Å². The maximum absolute atomic E-state index is 13.0. The highest BCUT2D eigenvalue weighted by Gasteiger charge is 2.14. The topological polar surface area (TPSA) is 64.1 Å². The number of hydrogen-bond donors (Lipinski definition) is 1. The maximum atomic E-state index is 13.0. The van der Waals surface area contributed by atoms with E-state index in [0.717, 1.165) is 22.4 Å². The van der Waals surface area contributed by atoms with Crippen LogP contribution in [0.25, 0.3) is 23.3 Å². The Morgan fingerprint density at radius 3 is 2.52 bits per heavy atom. The number of pyridine rings is 2. The van der Waals surface area contributed by atoms with E-state index in [-0.39, 0.29) is 0 Å². The molecule has 27 heavy (non-hydrogen) atoms. The number of ether oxygens (including phenoxy) is 1. The Morgan fingerprint density at radius 1 is 1.07 bits per heavy atom. The molecule has 0 amide bonds. The van der Waals surface area contributed by atoms with Gasteiger partial charge in [0.25, 0.3) is 0 Å². The first-order valence-electron chi connectivity index (χ1n) is 8.18. The largest absolute Gasteiger partial charge is 0.495 e. The molecule has 0 radical (unpaired) electrons. The van der Waals surface area contributed by atoms with Gasteiger partial charge in [-0.1, -0.05) is 25.3 Å². The average Bonchev–Trinajstić information content (AvgIpc) is 2.73. The first kappa shape index (κ1) is 18.5. The number of aromatic nitrogens is 2. The lowest BCUT2D eigenvalue weighted by Gasteiger charge is -2.13. The zero-order valence-electron chi connectivity index (χ0n) is 14.9. The van der Waals surface area contributed by atoms with Gasteiger partial charge in [0.05, 0.1) is 24.7 Å². The van der Waals surface area contributed by atoms with E-state index in [0.29, 0.717) is 16.3 Å². The standard InChI is InChI=1S/C21H19N3O2S/c1-4-15-12-18(14-23-19(15)5-2)24-27(25)21-13-17(6-7-20(21)26-3)16-8-10-22-11-9-16/h4-14,24H,1-2H2,3H3. The van der Waals surface area contributed by atoms with Crippen molar-refractivity contribution in [3.05, 3.63) is 79.4 Å². The summed E-state index contributed by atoms with van der Waals surface area (Å²) in [6.07, 6.45) is 8.39. The predicted molar refractivity (Wildman–Crippen MR) is 111 cm³/mol. The quantitative estimate of drug-likeness (QED) is 0.655. The van der Waals surface area contributed by atoms with Gasteiger partial charge < -0.3 is 4.74 Å². The van der Waals surface area contributed by atoms with Crippen molar-refractivity contribution in [1.29, 1.82) is 0 Å². The normalized spacial score (nSPS) is 11.4. The Labute approximate surface area is 161 Å². The summed E-state index contributed by atoms with van der Waals surface area (Å²) in [5.74, 6) is 0.540. The molecule has 0 aliphatic rings. The van der Waals surface area contributed by atoms with E-state index in [9.17, 15) is 4.21 Å². The summed E-state index contributed by atoms with van der Waals surface area (Å²) < 4.78 is 21.3. The predicted octanol–water partition coefficient (Wildman–Crippen LogP) is 4.57. The highest BCUT2D eigenvalue weighted by atomic mass is 32.2. The highest BCUT2D eigenvalue weighted by molar-refractivity contribution is 7.86. The minimum Gasteiger partial charge on any atom is -0.495 e. The van der Waals surface area contributed by atoms with E-state index in [1.54, 1.807) is 43.9 Å². The van der Waals surface area contributed by atoms with Crippen LogP contribution in [0.5, 0.6) is 5.75 Å². The molecule has 3 aromatic rings. The Hall–Kier alpha value is -3.25. The van der Waals surface area contributed by atoms with Crippen molar-refractivity contribution in [2.24, 2.45) is 0 Å². The molecular weight excluding hydrogens is 358 g/mol. The number of rotatable bonds is 7. The summed E-state index contributed by atoms with van der Waals surface area (Å²) in [5, 5.41) is 0. The van der Waals surface area contributed by atoms with E-state index in [2.05, 4.69) is 27.8 Å². The monoisotopic (exact) mass is 377 g/mol. The Balaban J connectivity index is 1.94. The second-order valence-electron chi connectivity index (χ2n) is 5.58. The van der Waals surface area contributed by atoms with Crippen LogP contribution in [0.3, 0.4) is 0 Å². The van der Waals surface area contributed by atoms with Crippen LogP contribution in [-0.4, -0.2) is 21.3 Å². The van der Waals surface area contributed by atoms with Crippen LogP contribution in [0, 0.1) is 0 Å². The van der Waals surface area contributed by atoms with E-state index < -0.39 is 11.0 Å². The minimum absolute atomic E-state index is 0.540. The number of methoxy groups -OCH3 is 1. The zero-order chi connectivity index (χ0) is 19.2. The van der Waals surface area contributed by atoms with E-state index in [1.807, 2.05) is 30.3 Å². The van der Waals surface area contributed by atoms with Crippen LogP contribution in [-0.2, 0) is 11.0 Å². The van der Waals surface area contributed by atoms with Crippen molar-refractivity contribution in [3.63, 3.8) is 0 Å². The van der Waals surface area contributed by atoms with Crippen molar-refractivity contribution in [1.82, 2.24) is 9.97 Å². The third kappa shape index (κ3) is 4.12. The molecule has 0 fully saturated rings. The highest BCUT2D eigenvalue weighted by Crippen LogP contribution is 2.29. The lowest BCUT2D eigenvalue weighted by molar-refractivity contribution is 0.404. The van der Waals surface area contributed by atoms with Gasteiger partial charge in [0.15, 0.2) is 11.0 Å². The molecule has 0 aliphatic carbocycles. The number of anilines is 1. The molecule has 3 rings (SSSR count). The van der Waals surface area contributed by atoms with Crippen LogP contribution in [0.15, 0.2) is 73.0 Å². The fraction of sp³-hybridized carbons (Fsp3) is 0.0476. The van der Waals surface area contributed by atoms with Crippen molar-refractivity contribution in [3.8, 4) is 16.9 Å². The van der Waals surface area contributed by atoms with Gasteiger partial charge in [-0.05, 0) is 47.5 Å². The van der Waals surface area contributed by atoms with Gasteiger partial charge in [-0.2, -0.15) is 0 Å². The molecule has 1 atom stereocenters. The average molecular weight is 377 g/mol. The summed E-state index contributed by atoms with van der Waals surface area (Å²) in [6.45, 7) is 7.50. The van der Waals surface area contributed by atoms with Crippen LogP contribution < -0.4 is 9.46 Å². The van der Waals surface area contributed by atoms with Gasteiger partial charge in [0.1, 0.15) is 10.6 Å². The van der Waals surface area contributed by atoms with Gasteiger partial charge in [-0.25, -0.2) is 4.21 Å². The maximum Gasteiger partial charge on any atom is 0.154 e. The fourth-order valence-corrected chi connectivity index (χ4v) is 3.59. The van der Waals surface area contributed by atoms with E-state index in [1.165, 1.54) is 0 Å². The Bertz CT molecular complexity index is 1000. The lowest BCUT2D eigenvalue weighted by atomic mass is 10.1. The molecule has 6 heteroatoms. The molecule has 0 saturated carbocycles. The first-order chi connectivity index (χ1) is 13.2. The molecule has 0 saturated heterocycles. The summed E-state index contributed by atoms with van der Waals surface area (Å²) in [6, 6.07) is 11.2. The number of nitrogens with one attached hydrogen (secondary N) is 1. The van der Waals surface area contributed by atoms with Gasteiger partial charge in [-0.3, -0.25) is 14.7 Å². The molecule has 0 bridgehead atoms. The van der Waals surface area contributed by atoms with Gasteiger partial charge in [0, 0.05) is 18.0 Å². The Kier molecular flexibility index (Phi) is 5.78. The molecule has 0 spiro atoms. The van der Waals surface area contributed by atoms with Gasteiger partial charge in [0.2, 0.25) is 0 Å². The van der Waals surface area contributed by atoms with Crippen molar-refractivity contribution in [2.75, 3.05) is 11.8 Å². The second kappa shape index (κ2) is 8.42. The summed E-state index contributed by atoms with van der Waals surface area (Å²) in [5.41, 5.74) is 4.06. The third-order valence-electron chi connectivity index (χ3n) is 3.95. The van der Waals surface area contributed by atoms with Crippen LogP contribution >= 0.6 is 0 Å². The van der Waals surface area contributed by atoms with E-state index in [4.69, 9.17) is 4.74 Å². The molecule has 136 valence electrons. The lowest BCUT2D eigenvalue weighted by Crippen LogP contribution is -2.07. The van der Waals surface area contributed by atoms with Crippen molar-refractivity contribution in [2.45, 2.75) is 4.90 Å². The SMILES string of the molecule is C=Cc1cc(NS(=O)c2cc(-c3ccncc3)ccc2OC)cnc1C=C. The zero-order valence-corrected chi connectivity index (χ0v) is 15.7. The van der Waals surface area contributed by atoms with Gasteiger partial charge >= 0.3 is 0 Å². The van der Waals surface area contributed by atoms with Crippen molar-refractivity contribution >= 4 is 28.8 Å². The molecule has 1 unspecified atom stereocenters. The molecule has 1 N–H and O–H groups in total. The van der Waals surface area contributed by atoms with Crippen molar-refractivity contribution < 1.29 is 8.95 Å².